The van der Waals surface area contributed by atoms with Crippen LogP contribution in [0.4, 0.5) is 0 Å². The lowest BCUT2D eigenvalue weighted by Gasteiger charge is -2.32. The van der Waals surface area contributed by atoms with Gasteiger partial charge < -0.3 is 9.47 Å². The lowest BCUT2D eigenvalue weighted by molar-refractivity contribution is -0.0139. The Bertz CT molecular complexity index is 202. The SMILES string of the molecule is COC(C)(C)C(NN)C1=CCCO1. The summed E-state index contributed by atoms with van der Waals surface area (Å²) < 4.78 is 10.8. The molecule has 0 aromatic rings. The quantitative estimate of drug-likeness (QED) is 0.497. The molecule has 1 aliphatic rings. The van der Waals surface area contributed by atoms with E-state index in [9.17, 15) is 0 Å². The van der Waals surface area contributed by atoms with E-state index in [-0.39, 0.29) is 11.6 Å². The summed E-state index contributed by atoms with van der Waals surface area (Å²) in [6.07, 6.45) is 3.00. The average Bonchev–Trinajstić information content (AvgIpc) is 2.58. The molecule has 76 valence electrons. The standard InChI is InChI=1S/C9H18N2O2/c1-9(2,12-3)8(11-10)7-5-4-6-13-7/h5,8,11H,4,6,10H2,1-3H3. The van der Waals surface area contributed by atoms with Crippen LogP contribution in [0.3, 0.4) is 0 Å². The van der Waals surface area contributed by atoms with Crippen molar-refractivity contribution >= 4 is 0 Å². The van der Waals surface area contributed by atoms with Gasteiger partial charge in [-0.15, -0.1) is 0 Å². The fraction of sp³-hybridized carbons (Fsp3) is 0.778. The van der Waals surface area contributed by atoms with E-state index in [2.05, 4.69) is 5.43 Å². The Balaban J connectivity index is 2.71. The van der Waals surface area contributed by atoms with Crippen LogP contribution >= 0.6 is 0 Å². The molecule has 1 unspecified atom stereocenters. The Morgan fingerprint density at radius 1 is 1.69 bits per heavy atom. The number of rotatable bonds is 4. The maximum atomic E-state index is 5.46. The molecule has 0 saturated carbocycles. The second-order valence-corrected chi connectivity index (χ2v) is 3.65. The molecule has 0 saturated heterocycles. The van der Waals surface area contributed by atoms with Crippen LogP contribution in [0.1, 0.15) is 20.3 Å². The van der Waals surface area contributed by atoms with Gasteiger partial charge in [0.15, 0.2) is 0 Å². The minimum absolute atomic E-state index is 0.0833. The lowest BCUT2D eigenvalue weighted by atomic mass is 9.97. The number of hydrogen-bond donors (Lipinski definition) is 2. The number of nitrogens with one attached hydrogen (secondary N) is 1. The summed E-state index contributed by atoms with van der Waals surface area (Å²) in [6.45, 7) is 4.69. The molecule has 0 aromatic carbocycles. The number of hydrogen-bond acceptors (Lipinski definition) is 4. The van der Waals surface area contributed by atoms with Crippen molar-refractivity contribution in [3.8, 4) is 0 Å². The normalized spacial score (nSPS) is 19.5. The molecule has 0 radical (unpaired) electrons. The fourth-order valence-corrected chi connectivity index (χ4v) is 1.38. The summed E-state index contributed by atoms with van der Waals surface area (Å²) in [5.41, 5.74) is 2.36. The smallest absolute Gasteiger partial charge is 0.113 e. The number of nitrogens with two attached hydrogens (primary N) is 1. The molecule has 0 spiro atoms. The highest BCUT2D eigenvalue weighted by Crippen LogP contribution is 2.23. The van der Waals surface area contributed by atoms with E-state index in [0.29, 0.717) is 0 Å². The average molecular weight is 186 g/mol. The molecule has 3 N–H and O–H groups in total. The molecule has 1 rings (SSSR count). The summed E-state index contributed by atoms with van der Waals surface area (Å²) in [4.78, 5) is 0. The monoisotopic (exact) mass is 186 g/mol. The minimum Gasteiger partial charge on any atom is -0.496 e. The molecule has 0 bridgehead atoms. The van der Waals surface area contributed by atoms with Gasteiger partial charge >= 0.3 is 0 Å². The van der Waals surface area contributed by atoms with Gasteiger partial charge in [0.25, 0.3) is 0 Å². The predicted octanol–water partition coefficient (Wildman–Crippen LogP) is 0.548. The zero-order valence-electron chi connectivity index (χ0n) is 8.46. The first-order valence-corrected chi connectivity index (χ1v) is 4.46. The van der Waals surface area contributed by atoms with Crippen molar-refractivity contribution in [2.45, 2.75) is 31.9 Å². The molecule has 0 aromatic heterocycles. The van der Waals surface area contributed by atoms with Gasteiger partial charge in [0.1, 0.15) is 11.8 Å². The van der Waals surface area contributed by atoms with Crippen molar-refractivity contribution in [3.05, 3.63) is 11.8 Å². The van der Waals surface area contributed by atoms with Crippen molar-refractivity contribution in [2.75, 3.05) is 13.7 Å². The van der Waals surface area contributed by atoms with Crippen LogP contribution < -0.4 is 11.3 Å². The molecule has 4 heteroatoms. The molecule has 1 aliphatic heterocycles. The van der Waals surface area contributed by atoms with Gasteiger partial charge in [0.2, 0.25) is 0 Å². The Morgan fingerprint density at radius 2 is 2.38 bits per heavy atom. The van der Waals surface area contributed by atoms with Crippen molar-refractivity contribution < 1.29 is 9.47 Å². The van der Waals surface area contributed by atoms with E-state index in [1.807, 2.05) is 19.9 Å². The van der Waals surface area contributed by atoms with Crippen molar-refractivity contribution in [3.63, 3.8) is 0 Å². The molecule has 4 nitrogen and oxygen atoms in total. The summed E-state index contributed by atoms with van der Waals surface area (Å²) in [5.74, 6) is 6.35. The van der Waals surface area contributed by atoms with E-state index >= 15 is 0 Å². The van der Waals surface area contributed by atoms with Crippen LogP contribution in [-0.2, 0) is 9.47 Å². The third kappa shape index (κ3) is 2.21. The largest absolute Gasteiger partial charge is 0.496 e. The molecular formula is C9H18N2O2. The van der Waals surface area contributed by atoms with Gasteiger partial charge in [-0.25, -0.2) is 5.43 Å². The van der Waals surface area contributed by atoms with Crippen LogP contribution in [0.15, 0.2) is 11.8 Å². The second-order valence-electron chi connectivity index (χ2n) is 3.65. The first kappa shape index (κ1) is 10.5. The van der Waals surface area contributed by atoms with E-state index in [1.54, 1.807) is 7.11 Å². The van der Waals surface area contributed by atoms with Gasteiger partial charge in [0, 0.05) is 13.5 Å². The third-order valence-electron chi connectivity index (χ3n) is 2.40. The first-order chi connectivity index (χ1) is 6.11. The zero-order valence-corrected chi connectivity index (χ0v) is 8.46. The summed E-state index contributed by atoms with van der Waals surface area (Å²) in [5, 5.41) is 0. The van der Waals surface area contributed by atoms with Crippen LogP contribution in [-0.4, -0.2) is 25.4 Å². The maximum Gasteiger partial charge on any atom is 0.113 e. The summed E-state index contributed by atoms with van der Waals surface area (Å²) in [6, 6.07) is -0.0833. The highest BCUT2D eigenvalue weighted by atomic mass is 16.5. The molecule has 0 fully saturated rings. The van der Waals surface area contributed by atoms with Crippen LogP contribution in [0, 0.1) is 0 Å². The van der Waals surface area contributed by atoms with Gasteiger partial charge in [0.05, 0.1) is 12.2 Å². The van der Waals surface area contributed by atoms with Gasteiger partial charge in [-0.2, -0.15) is 0 Å². The molecule has 0 aliphatic carbocycles. The van der Waals surface area contributed by atoms with Crippen molar-refractivity contribution in [1.29, 1.82) is 0 Å². The van der Waals surface area contributed by atoms with Crippen LogP contribution in [0.2, 0.25) is 0 Å². The Hall–Kier alpha value is -0.580. The van der Waals surface area contributed by atoms with E-state index in [1.165, 1.54) is 0 Å². The number of methoxy groups -OCH3 is 1. The maximum absolute atomic E-state index is 5.46. The first-order valence-electron chi connectivity index (χ1n) is 4.46. The zero-order chi connectivity index (χ0) is 9.90. The van der Waals surface area contributed by atoms with Gasteiger partial charge in [-0.1, -0.05) is 0 Å². The second kappa shape index (κ2) is 4.09. The Kier molecular flexibility index (Phi) is 3.30. The molecule has 0 amide bonds. The van der Waals surface area contributed by atoms with Crippen molar-refractivity contribution in [2.24, 2.45) is 5.84 Å². The molecule has 1 heterocycles. The van der Waals surface area contributed by atoms with Crippen LogP contribution in [0.25, 0.3) is 0 Å². The van der Waals surface area contributed by atoms with E-state index in [0.717, 1.165) is 18.8 Å². The van der Waals surface area contributed by atoms with Gasteiger partial charge in [-0.3, -0.25) is 5.84 Å². The predicted molar refractivity (Wildman–Crippen MR) is 50.9 cm³/mol. The highest BCUT2D eigenvalue weighted by Gasteiger charge is 2.33. The topological polar surface area (TPSA) is 56.5 Å². The molecule has 1 atom stereocenters. The number of ether oxygens (including phenoxy) is 2. The lowest BCUT2D eigenvalue weighted by Crippen LogP contribution is -2.52. The summed E-state index contributed by atoms with van der Waals surface area (Å²) in [7, 11) is 1.67. The third-order valence-corrected chi connectivity index (χ3v) is 2.40. The van der Waals surface area contributed by atoms with Gasteiger partial charge in [-0.05, 0) is 19.9 Å². The number of hydrazine groups is 1. The van der Waals surface area contributed by atoms with E-state index < -0.39 is 0 Å². The fourth-order valence-electron chi connectivity index (χ4n) is 1.38. The molecule has 13 heavy (non-hydrogen) atoms. The Morgan fingerprint density at radius 3 is 2.77 bits per heavy atom. The minimum atomic E-state index is -0.356. The Labute approximate surface area is 79.1 Å². The summed E-state index contributed by atoms with van der Waals surface area (Å²) >= 11 is 0. The molecular weight excluding hydrogens is 168 g/mol. The highest BCUT2D eigenvalue weighted by molar-refractivity contribution is 5.12. The van der Waals surface area contributed by atoms with E-state index in [4.69, 9.17) is 15.3 Å². The van der Waals surface area contributed by atoms with Crippen molar-refractivity contribution in [1.82, 2.24) is 5.43 Å². The van der Waals surface area contributed by atoms with Crippen LogP contribution in [0.5, 0.6) is 0 Å².